The van der Waals surface area contributed by atoms with Crippen LogP contribution >= 0.6 is 12.4 Å². The summed E-state index contributed by atoms with van der Waals surface area (Å²) >= 11 is 0. The molecular weight excluding hydrogens is 284 g/mol. The van der Waals surface area contributed by atoms with Gasteiger partial charge in [0.15, 0.2) is 0 Å². The molecular formula is C17H27ClN2O. The Kier molecular flexibility index (Phi) is 7.20. The van der Waals surface area contributed by atoms with E-state index in [-0.39, 0.29) is 24.2 Å². The van der Waals surface area contributed by atoms with Crippen molar-refractivity contribution in [3.63, 3.8) is 0 Å². The van der Waals surface area contributed by atoms with Crippen molar-refractivity contribution in [2.45, 2.75) is 45.1 Å². The van der Waals surface area contributed by atoms with Crippen LogP contribution < -0.4 is 5.32 Å². The lowest BCUT2D eigenvalue weighted by molar-refractivity contribution is -0.132. The van der Waals surface area contributed by atoms with E-state index in [2.05, 4.69) is 43.4 Å². The minimum Gasteiger partial charge on any atom is -0.343 e. The molecule has 118 valence electrons. The van der Waals surface area contributed by atoms with Gasteiger partial charge in [0.2, 0.25) is 5.91 Å². The van der Waals surface area contributed by atoms with Crippen LogP contribution in [0.4, 0.5) is 0 Å². The number of aryl methyl sites for hydroxylation is 1. The molecule has 2 rings (SSSR count). The number of benzene rings is 1. The van der Waals surface area contributed by atoms with Gasteiger partial charge in [0.1, 0.15) is 0 Å². The van der Waals surface area contributed by atoms with Crippen molar-refractivity contribution >= 4 is 18.3 Å². The van der Waals surface area contributed by atoms with Crippen molar-refractivity contribution in [3.05, 3.63) is 35.4 Å². The van der Waals surface area contributed by atoms with Crippen LogP contribution in [0.1, 0.15) is 43.2 Å². The standard InChI is InChI=1S/C17H26N2O.ClH/c1-13-6-4-5-7-16(13)14(2)12-17(20)19(3)15-8-10-18-11-9-15;/h4-7,14-15,18H,8-12H2,1-3H3;1H. The van der Waals surface area contributed by atoms with Crippen molar-refractivity contribution in [2.24, 2.45) is 0 Å². The molecule has 4 heteroatoms. The van der Waals surface area contributed by atoms with Crippen molar-refractivity contribution < 1.29 is 4.79 Å². The van der Waals surface area contributed by atoms with Gasteiger partial charge in [0.25, 0.3) is 0 Å². The molecule has 0 bridgehead atoms. The Labute approximate surface area is 134 Å². The fraction of sp³-hybridized carbons (Fsp3) is 0.588. The number of nitrogens with one attached hydrogen (secondary N) is 1. The van der Waals surface area contributed by atoms with Crippen LogP contribution in [0.5, 0.6) is 0 Å². The first-order chi connectivity index (χ1) is 9.59. The predicted octanol–water partition coefficient (Wildman–Crippen LogP) is 3.12. The summed E-state index contributed by atoms with van der Waals surface area (Å²) in [4.78, 5) is 14.4. The Morgan fingerprint density at radius 2 is 1.95 bits per heavy atom. The lowest BCUT2D eigenvalue weighted by Gasteiger charge is -2.32. The summed E-state index contributed by atoms with van der Waals surface area (Å²) in [5, 5.41) is 3.34. The van der Waals surface area contributed by atoms with Gasteiger partial charge < -0.3 is 10.2 Å². The minimum atomic E-state index is 0. The largest absolute Gasteiger partial charge is 0.343 e. The van der Waals surface area contributed by atoms with Gasteiger partial charge in [-0.15, -0.1) is 12.4 Å². The van der Waals surface area contributed by atoms with E-state index < -0.39 is 0 Å². The average molecular weight is 311 g/mol. The van der Waals surface area contributed by atoms with Crippen LogP contribution in [0.3, 0.4) is 0 Å². The fourth-order valence-corrected chi connectivity index (χ4v) is 3.05. The van der Waals surface area contributed by atoms with Gasteiger partial charge in [-0.2, -0.15) is 0 Å². The Morgan fingerprint density at radius 3 is 2.57 bits per heavy atom. The third kappa shape index (κ3) is 4.72. The van der Waals surface area contributed by atoms with Gasteiger partial charge in [-0.25, -0.2) is 0 Å². The normalized spacial score (nSPS) is 16.9. The second-order valence-electron chi connectivity index (χ2n) is 5.95. The van der Waals surface area contributed by atoms with Crippen LogP contribution in [0, 0.1) is 6.92 Å². The van der Waals surface area contributed by atoms with Crippen LogP contribution in [0.2, 0.25) is 0 Å². The molecule has 0 saturated carbocycles. The number of halogens is 1. The smallest absolute Gasteiger partial charge is 0.223 e. The molecule has 0 spiro atoms. The number of hydrogen-bond donors (Lipinski definition) is 1. The molecule has 1 aromatic carbocycles. The number of carbonyl (C=O) groups is 1. The van der Waals surface area contributed by atoms with Gasteiger partial charge >= 0.3 is 0 Å². The van der Waals surface area contributed by atoms with Gasteiger partial charge in [0.05, 0.1) is 0 Å². The monoisotopic (exact) mass is 310 g/mol. The Bertz CT molecular complexity index is 458. The molecule has 1 aliphatic rings. The summed E-state index contributed by atoms with van der Waals surface area (Å²) in [6.45, 7) is 6.31. The van der Waals surface area contributed by atoms with E-state index in [9.17, 15) is 4.79 Å². The summed E-state index contributed by atoms with van der Waals surface area (Å²) in [5.74, 6) is 0.556. The van der Waals surface area contributed by atoms with E-state index in [0.717, 1.165) is 25.9 Å². The summed E-state index contributed by atoms with van der Waals surface area (Å²) in [5.41, 5.74) is 2.57. The lowest BCUT2D eigenvalue weighted by Crippen LogP contribution is -2.44. The summed E-state index contributed by atoms with van der Waals surface area (Å²) in [6, 6.07) is 8.77. The van der Waals surface area contributed by atoms with Crippen LogP contribution in [-0.2, 0) is 4.79 Å². The maximum atomic E-state index is 12.4. The van der Waals surface area contributed by atoms with E-state index in [1.54, 1.807) is 0 Å². The van der Waals surface area contributed by atoms with Crippen LogP contribution in [0.15, 0.2) is 24.3 Å². The number of rotatable bonds is 4. The van der Waals surface area contributed by atoms with Gasteiger partial charge in [-0.1, -0.05) is 31.2 Å². The highest BCUT2D eigenvalue weighted by molar-refractivity contribution is 5.85. The van der Waals surface area contributed by atoms with Gasteiger partial charge in [-0.3, -0.25) is 4.79 Å². The third-order valence-electron chi connectivity index (χ3n) is 4.45. The first-order valence-electron chi connectivity index (χ1n) is 7.61. The molecule has 1 atom stereocenters. The molecule has 1 heterocycles. The molecule has 1 N–H and O–H groups in total. The molecule has 0 aliphatic carbocycles. The maximum absolute atomic E-state index is 12.4. The zero-order valence-electron chi connectivity index (χ0n) is 13.3. The predicted molar refractivity (Wildman–Crippen MR) is 90.1 cm³/mol. The molecule has 1 fully saturated rings. The highest BCUT2D eigenvalue weighted by atomic mass is 35.5. The van der Waals surface area contributed by atoms with Crippen molar-refractivity contribution in [3.8, 4) is 0 Å². The molecule has 0 aromatic heterocycles. The Morgan fingerprint density at radius 1 is 1.33 bits per heavy atom. The van der Waals surface area contributed by atoms with Crippen molar-refractivity contribution in [1.29, 1.82) is 0 Å². The Hall–Kier alpha value is -1.06. The molecule has 21 heavy (non-hydrogen) atoms. The zero-order valence-corrected chi connectivity index (χ0v) is 14.1. The van der Waals surface area contributed by atoms with Gasteiger partial charge in [0, 0.05) is 19.5 Å². The van der Waals surface area contributed by atoms with Crippen LogP contribution in [-0.4, -0.2) is 37.0 Å². The Balaban J connectivity index is 0.00000220. The van der Waals surface area contributed by atoms with Crippen LogP contribution in [0.25, 0.3) is 0 Å². The second-order valence-corrected chi connectivity index (χ2v) is 5.95. The second kappa shape index (κ2) is 8.40. The quantitative estimate of drug-likeness (QED) is 0.926. The van der Waals surface area contributed by atoms with E-state index >= 15 is 0 Å². The van der Waals surface area contributed by atoms with E-state index in [1.165, 1.54) is 11.1 Å². The topological polar surface area (TPSA) is 32.3 Å². The molecule has 1 aliphatic heterocycles. The van der Waals surface area contributed by atoms with Crippen molar-refractivity contribution in [1.82, 2.24) is 10.2 Å². The highest BCUT2D eigenvalue weighted by Crippen LogP contribution is 2.24. The molecule has 3 nitrogen and oxygen atoms in total. The fourth-order valence-electron chi connectivity index (χ4n) is 3.05. The number of carbonyl (C=O) groups excluding carboxylic acids is 1. The maximum Gasteiger partial charge on any atom is 0.223 e. The molecule has 1 aromatic rings. The van der Waals surface area contributed by atoms with Crippen molar-refractivity contribution in [2.75, 3.05) is 20.1 Å². The SMILES string of the molecule is Cc1ccccc1C(C)CC(=O)N(C)C1CCNCC1.Cl. The highest BCUT2D eigenvalue weighted by Gasteiger charge is 2.23. The van der Waals surface area contributed by atoms with E-state index in [4.69, 9.17) is 0 Å². The molecule has 1 amide bonds. The lowest BCUT2D eigenvalue weighted by atomic mass is 9.93. The number of amides is 1. The van der Waals surface area contributed by atoms with E-state index in [1.807, 2.05) is 11.9 Å². The summed E-state index contributed by atoms with van der Waals surface area (Å²) < 4.78 is 0. The first-order valence-corrected chi connectivity index (χ1v) is 7.61. The third-order valence-corrected chi connectivity index (χ3v) is 4.45. The molecule has 0 radical (unpaired) electrons. The number of nitrogens with zero attached hydrogens (tertiary/aromatic N) is 1. The van der Waals surface area contributed by atoms with Gasteiger partial charge in [-0.05, 0) is 49.9 Å². The van der Waals surface area contributed by atoms with E-state index in [0.29, 0.717) is 12.5 Å². The zero-order chi connectivity index (χ0) is 14.5. The average Bonchev–Trinajstić information content (AvgIpc) is 2.47. The number of hydrogen-bond acceptors (Lipinski definition) is 2. The molecule has 1 unspecified atom stereocenters. The first kappa shape index (κ1) is 18.0. The summed E-state index contributed by atoms with van der Waals surface area (Å²) in [7, 11) is 1.96. The molecule has 1 saturated heterocycles. The minimum absolute atomic E-state index is 0. The summed E-state index contributed by atoms with van der Waals surface area (Å²) in [6.07, 6.45) is 2.74. The number of piperidine rings is 1.